The Morgan fingerprint density at radius 3 is 2.55 bits per heavy atom. The molecule has 0 fully saturated rings. The molecule has 0 aliphatic heterocycles. The first-order chi connectivity index (χ1) is 9.76. The number of likely N-dealkylation sites (N-methyl/N-ethyl adjacent to an activating group) is 1. The fraction of sp³-hybridized carbons (Fsp3) is 0.714. The van der Waals surface area contributed by atoms with Crippen molar-refractivity contribution in [2.45, 2.75) is 27.2 Å². The first kappa shape index (κ1) is 16.5. The predicted molar refractivity (Wildman–Crippen MR) is 80.6 cm³/mol. The van der Waals surface area contributed by atoms with E-state index >= 15 is 0 Å². The Balaban J connectivity index is 2.64. The molecule has 20 heavy (non-hydrogen) atoms. The van der Waals surface area contributed by atoms with E-state index in [1.807, 2.05) is 0 Å². The maximum absolute atomic E-state index is 5.73. The highest BCUT2D eigenvalue weighted by Crippen LogP contribution is 2.30. The summed E-state index contributed by atoms with van der Waals surface area (Å²) in [5, 5.41) is 3.21. The molecule has 0 aliphatic carbocycles. The van der Waals surface area contributed by atoms with E-state index in [2.05, 4.69) is 41.0 Å². The molecule has 1 rings (SSSR count). The van der Waals surface area contributed by atoms with E-state index in [0.29, 0.717) is 24.1 Å². The minimum atomic E-state index is 0.494. The lowest BCUT2D eigenvalue weighted by Crippen LogP contribution is -2.28. The molecule has 6 heteroatoms. The second-order valence-corrected chi connectivity index (χ2v) is 4.36. The molecule has 1 aromatic heterocycles. The summed E-state index contributed by atoms with van der Waals surface area (Å²) in [4.78, 5) is 10.6. The van der Waals surface area contributed by atoms with Gasteiger partial charge in [-0.25, -0.2) is 4.98 Å². The van der Waals surface area contributed by atoms with Gasteiger partial charge in [0.15, 0.2) is 5.82 Å². The molecule has 0 unspecified atom stereocenters. The molecule has 0 amide bonds. The van der Waals surface area contributed by atoms with E-state index in [1.165, 1.54) is 6.33 Å². The van der Waals surface area contributed by atoms with Crippen molar-refractivity contribution < 1.29 is 9.47 Å². The van der Waals surface area contributed by atoms with Crippen LogP contribution in [0.2, 0.25) is 0 Å². The Hall–Kier alpha value is -1.56. The molecule has 0 saturated heterocycles. The van der Waals surface area contributed by atoms with E-state index in [0.717, 1.165) is 32.6 Å². The molecular weight excluding hydrogens is 256 g/mol. The molecule has 0 atom stereocenters. The van der Waals surface area contributed by atoms with Crippen LogP contribution in [-0.4, -0.2) is 54.8 Å². The Kier molecular flexibility index (Phi) is 7.72. The predicted octanol–water partition coefficient (Wildman–Crippen LogP) is 2.03. The second-order valence-electron chi connectivity index (χ2n) is 4.36. The standard InChI is InChI=1S/C14H26N4O2/c1-5-8-15-13-12(19-4)14(17-11-16-13)20-10-9-18(6-2)7-3/h11H,5-10H2,1-4H3,(H,15,16,17). The van der Waals surface area contributed by atoms with Gasteiger partial charge in [-0.1, -0.05) is 20.8 Å². The second kappa shape index (κ2) is 9.36. The van der Waals surface area contributed by atoms with Crippen LogP contribution >= 0.6 is 0 Å². The van der Waals surface area contributed by atoms with Crippen LogP contribution in [0.15, 0.2) is 6.33 Å². The monoisotopic (exact) mass is 282 g/mol. The smallest absolute Gasteiger partial charge is 0.262 e. The normalized spacial score (nSPS) is 10.7. The van der Waals surface area contributed by atoms with Crippen molar-refractivity contribution in [1.82, 2.24) is 14.9 Å². The molecule has 1 heterocycles. The summed E-state index contributed by atoms with van der Waals surface area (Å²) in [6.07, 6.45) is 2.51. The Morgan fingerprint density at radius 2 is 1.95 bits per heavy atom. The van der Waals surface area contributed by atoms with Gasteiger partial charge in [0.2, 0.25) is 5.75 Å². The van der Waals surface area contributed by atoms with Gasteiger partial charge in [0, 0.05) is 13.1 Å². The number of anilines is 1. The SMILES string of the molecule is CCCNc1ncnc(OCCN(CC)CC)c1OC. The van der Waals surface area contributed by atoms with Crippen LogP contribution < -0.4 is 14.8 Å². The first-order valence-electron chi connectivity index (χ1n) is 7.24. The molecule has 1 N–H and O–H groups in total. The number of nitrogens with one attached hydrogen (secondary N) is 1. The summed E-state index contributed by atoms with van der Waals surface area (Å²) in [6.45, 7) is 10.7. The molecule has 0 radical (unpaired) electrons. The summed E-state index contributed by atoms with van der Waals surface area (Å²) >= 11 is 0. The summed E-state index contributed by atoms with van der Waals surface area (Å²) in [7, 11) is 1.60. The van der Waals surface area contributed by atoms with Gasteiger partial charge in [-0.2, -0.15) is 4.98 Å². The molecule has 1 aromatic rings. The van der Waals surface area contributed by atoms with Gasteiger partial charge >= 0.3 is 0 Å². The van der Waals surface area contributed by atoms with Crippen LogP contribution in [0.3, 0.4) is 0 Å². The fourth-order valence-corrected chi connectivity index (χ4v) is 1.82. The first-order valence-corrected chi connectivity index (χ1v) is 7.24. The third kappa shape index (κ3) is 4.85. The molecule has 0 aromatic carbocycles. The fourth-order valence-electron chi connectivity index (χ4n) is 1.82. The summed E-state index contributed by atoms with van der Waals surface area (Å²) < 4.78 is 11.1. The minimum Gasteiger partial charge on any atom is -0.489 e. The number of rotatable bonds is 10. The molecular formula is C14H26N4O2. The van der Waals surface area contributed by atoms with Crippen molar-refractivity contribution >= 4 is 5.82 Å². The molecule has 0 spiro atoms. The van der Waals surface area contributed by atoms with Gasteiger partial charge in [0.25, 0.3) is 5.88 Å². The van der Waals surface area contributed by atoms with Crippen LogP contribution in [0, 0.1) is 0 Å². The van der Waals surface area contributed by atoms with Crippen LogP contribution in [0.5, 0.6) is 11.6 Å². The zero-order valence-corrected chi connectivity index (χ0v) is 13.0. The van der Waals surface area contributed by atoms with Gasteiger partial charge in [0.1, 0.15) is 12.9 Å². The molecule has 0 saturated carbocycles. The van der Waals surface area contributed by atoms with Crippen LogP contribution in [0.25, 0.3) is 0 Å². The maximum atomic E-state index is 5.73. The average Bonchev–Trinajstić information content (AvgIpc) is 2.49. The third-order valence-corrected chi connectivity index (χ3v) is 3.06. The van der Waals surface area contributed by atoms with Crippen LogP contribution in [0.4, 0.5) is 5.82 Å². The lowest BCUT2D eigenvalue weighted by Gasteiger charge is -2.18. The Labute approximate surface area is 121 Å². The summed E-state index contributed by atoms with van der Waals surface area (Å²) in [5.74, 6) is 1.75. The van der Waals surface area contributed by atoms with E-state index in [1.54, 1.807) is 7.11 Å². The minimum absolute atomic E-state index is 0.494. The Bertz CT molecular complexity index is 383. The maximum Gasteiger partial charge on any atom is 0.262 e. The van der Waals surface area contributed by atoms with E-state index in [4.69, 9.17) is 9.47 Å². The van der Waals surface area contributed by atoms with E-state index in [9.17, 15) is 0 Å². The third-order valence-electron chi connectivity index (χ3n) is 3.06. The van der Waals surface area contributed by atoms with Gasteiger partial charge in [-0.3, -0.25) is 0 Å². The summed E-state index contributed by atoms with van der Waals surface area (Å²) in [6, 6.07) is 0. The largest absolute Gasteiger partial charge is 0.489 e. The number of hydrogen-bond acceptors (Lipinski definition) is 6. The average molecular weight is 282 g/mol. The van der Waals surface area contributed by atoms with Crippen molar-refractivity contribution in [3.05, 3.63) is 6.33 Å². The van der Waals surface area contributed by atoms with Gasteiger partial charge < -0.3 is 19.7 Å². The Morgan fingerprint density at radius 1 is 1.20 bits per heavy atom. The molecule has 0 aliphatic rings. The van der Waals surface area contributed by atoms with Crippen LogP contribution in [-0.2, 0) is 0 Å². The number of aromatic nitrogens is 2. The number of nitrogens with zero attached hydrogens (tertiary/aromatic N) is 3. The van der Waals surface area contributed by atoms with Crippen molar-refractivity contribution in [3.63, 3.8) is 0 Å². The molecule has 6 nitrogen and oxygen atoms in total. The highest BCUT2D eigenvalue weighted by Gasteiger charge is 2.13. The van der Waals surface area contributed by atoms with E-state index < -0.39 is 0 Å². The lowest BCUT2D eigenvalue weighted by molar-refractivity contribution is 0.211. The lowest BCUT2D eigenvalue weighted by atomic mass is 10.4. The van der Waals surface area contributed by atoms with Crippen molar-refractivity contribution in [2.24, 2.45) is 0 Å². The zero-order chi connectivity index (χ0) is 14.8. The zero-order valence-electron chi connectivity index (χ0n) is 13.0. The number of methoxy groups -OCH3 is 1. The van der Waals surface area contributed by atoms with Crippen LogP contribution in [0.1, 0.15) is 27.2 Å². The van der Waals surface area contributed by atoms with Gasteiger partial charge in [-0.15, -0.1) is 0 Å². The number of ether oxygens (including phenoxy) is 2. The van der Waals surface area contributed by atoms with Gasteiger partial charge in [-0.05, 0) is 19.5 Å². The van der Waals surface area contributed by atoms with Crippen molar-refractivity contribution in [3.8, 4) is 11.6 Å². The quantitative estimate of drug-likeness (QED) is 0.708. The topological polar surface area (TPSA) is 59.5 Å². The van der Waals surface area contributed by atoms with Crippen molar-refractivity contribution in [1.29, 1.82) is 0 Å². The molecule has 114 valence electrons. The van der Waals surface area contributed by atoms with Gasteiger partial charge in [0.05, 0.1) is 7.11 Å². The van der Waals surface area contributed by atoms with Crippen molar-refractivity contribution in [2.75, 3.05) is 45.2 Å². The summed E-state index contributed by atoms with van der Waals surface area (Å²) in [5.41, 5.74) is 0. The highest BCUT2D eigenvalue weighted by molar-refractivity contribution is 5.54. The number of hydrogen-bond donors (Lipinski definition) is 1. The molecule has 0 bridgehead atoms. The highest BCUT2D eigenvalue weighted by atomic mass is 16.5. The van der Waals surface area contributed by atoms with E-state index in [-0.39, 0.29) is 0 Å².